The molecule has 2 rings (SSSR count). The van der Waals surface area contributed by atoms with Crippen LogP contribution >= 0.6 is 0 Å². The highest BCUT2D eigenvalue weighted by Crippen LogP contribution is 2.21. The summed E-state index contributed by atoms with van der Waals surface area (Å²) < 4.78 is 0. The fourth-order valence-corrected chi connectivity index (χ4v) is 1.52. The smallest absolute Gasteiger partial charge is 0.318 e. The molecule has 0 saturated carbocycles. The van der Waals surface area contributed by atoms with Crippen molar-refractivity contribution in [2.24, 2.45) is 0 Å². The van der Waals surface area contributed by atoms with Gasteiger partial charge in [0.1, 0.15) is 5.82 Å². The van der Waals surface area contributed by atoms with Crippen molar-refractivity contribution in [3.8, 4) is 0 Å². The molecule has 1 N–H and O–H groups in total. The Labute approximate surface area is 82.9 Å². The third-order valence-electron chi connectivity index (χ3n) is 2.34. The van der Waals surface area contributed by atoms with E-state index in [1.165, 1.54) is 0 Å². The molecule has 0 saturated heterocycles. The molecule has 0 aliphatic carbocycles. The van der Waals surface area contributed by atoms with Gasteiger partial charge in [0.25, 0.3) is 0 Å². The zero-order valence-corrected chi connectivity index (χ0v) is 8.32. The van der Waals surface area contributed by atoms with Gasteiger partial charge in [-0.1, -0.05) is 6.07 Å². The Morgan fingerprint density at radius 1 is 1.57 bits per heavy atom. The van der Waals surface area contributed by atoms with Crippen LogP contribution in [0.15, 0.2) is 18.3 Å². The van der Waals surface area contributed by atoms with Crippen LogP contribution < -0.4 is 5.32 Å². The van der Waals surface area contributed by atoms with Crippen molar-refractivity contribution in [3.63, 3.8) is 0 Å². The Morgan fingerprint density at radius 3 is 3.07 bits per heavy atom. The van der Waals surface area contributed by atoms with Crippen molar-refractivity contribution in [2.45, 2.75) is 26.4 Å². The number of carbonyl (C=O) groups is 1. The maximum atomic E-state index is 11.6. The van der Waals surface area contributed by atoms with Crippen molar-refractivity contribution < 1.29 is 4.79 Å². The van der Waals surface area contributed by atoms with Gasteiger partial charge >= 0.3 is 6.03 Å². The Hall–Kier alpha value is -1.58. The fraction of sp³-hybridized carbons (Fsp3) is 0.400. The number of hydrogen-bond donors (Lipinski definition) is 1. The van der Waals surface area contributed by atoms with Gasteiger partial charge in [-0.2, -0.15) is 0 Å². The summed E-state index contributed by atoms with van der Waals surface area (Å²) >= 11 is 0. The lowest BCUT2D eigenvalue weighted by molar-refractivity contribution is 0.190. The largest absolute Gasteiger partial charge is 0.323 e. The van der Waals surface area contributed by atoms with Crippen LogP contribution in [-0.2, 0) is 6.54 Å². The first kappa shape index (κ1) is 8.99. The Balaban J connectivity index is 2.31. The van der Waals surface area contributed by atoms with Gasteiger partial charge in [0.05, 0.1) is 6.54 Å². The molecule has 1 aromatic rings. The van der Waals surface area contributed by atoms with Gasteiger partial charge in [-0.25, -0.2) is 9.78 Å². The lowest BCUT2D eigenvalue weighted by Gasteiger charge is -2.31. The minimum atomic E-state index is -0.0637. The molecule has 0 bridgehead atoms. The second kappa shape index (κ2) is 3.29. The molecule has 1 aliphatic heterocycles. The molecular weight excluding hydrogens is 178 g/mol. The highest BCUT2D eigenvalue weighted by Gasteiger charge is 2.24. The zero-order chi connectivity index (χ0) is 10.1. The van der Waals surface area contributed by atoms with Crippen molar-refractivity contribution in [3.05, 3.63) is 23.9 Å². The normalized spacial score (nSPS) is 15.4. The molecule has 2 heterocycles. The van der Waals surface area contributed by atoms with Crippen LogP contribution in [0.2, 0.25) is 0 Å². The summed E-state index contributed by atoms with van der Waals surface area (Å²) in [6.07, 6.45) is 1.68. The van der Waals surface area contributed by atoms with Crippen molar-refractivity contribution in [1.82, 2.24) is 9.88 Å². The molecule has 0 fully saturated rings. The van der Waals surface area contributed by atoms with Crippen LogP contribution in [0, 0.1) is 0 Å². The topological polar surface area (TPSA) is 45.2 Å². The van der Waals surface area contributed by atoms with Crippen molar-refractivity contribution in [1.29, 1.82) is 0 Å². The van der Waals surface area contributed by atoms with Gasteiger partial charge in [0.2, 0.25) is 0 Å². The van der Waals surface area contributed by atoms with Crippen molar-refractivity contribution in [2.75, 3.05) is 5.32 Å². The van der Waals surface area contributed by atoms with Crippen LogP contribution in [0.1, 0.15) is 19.4 Å². The number of nitrogens with one attached hydrogen (secondary N) is 1. The molecule has 2 amide bonds. The molecule has 1 aliphatic rings. The summed E-state index contributed by atoms with van der Waals surface area (Å²) in [5.41, 5.74) is 1.07. The van der Waals surface area contributed by atoms with E-state index < -0.39 is 0 Å². The molecule has 0 unspecified atom stereocenters. The van der Waals surface area contributed by atoms with E-state index in [9.17, 15) is 4.79 Å². The molecule has 0 radical (unpaired) electrons. The van der Waals surface area contributed by atoms with E-state index in [1.807, 2.05) is 26.0 Å². The first-order valence-electron chi connectivity index (χ1n) is 4.70. The zero-order valence-electron chi connectivity index (χ0n) is 8.32. The van der Waals surface area contributed by atoms with Gasteiger partial charge in [-0.15, -0.1) is 0 Å². The van der Waals surface area contributed by atoms with E-state index >= 15 is 0 Å². The number of anilines is 1. The Kier molecular flexibility index (Phi) is 2.11. The van der Waals surface area contributed by atoms with E-state index in [-0.39, 0.29) is 12.1 Å². The van der Waals surface area contributed by atoms with Crippen molar-refractivity contribution >= 4 is 11.8 Å². The van der Waals surface area contributed by atoms with E-state index in [2.05, 4.69) is 10.3 Å². The van der Waals surface area contributed by atoms with E-state index in [0.717, 1.165) is 5.56 Å². The number of nitrogens with zero attached hydrogens (tertiary/aromatic N) is 2. The number of carbonyl (C=O) groups excluding carboxylic acids is 1. The minimum absolute atomic E-state index is 0.0637. The summed E-state index contributed by atoms with van der Waals surface area (Å²) in [6.45, 7) is 4.65. The van der Waals surface area contributed by atoms with Crippen LogP contribution in [0.3, 0.4) is 0 Å². The van der Waals surface area contributed by atoms with Gasteiger partial charge in [0, 0.05) is 17.8 Å². The average molecular weight is 191 g/mol. The first-order valence-corrected chi connectivity index (χ1v) is 4.70. The van der Waals surface area contributed by atoms with Crippen LogP contribution in [-0.4, -0.2) is 22.0 Å². The van der Waals surface area contributed by atoms with Gasteiger partial charge < -0.3 is 4.90 Å². The Morgan fingerprint density at radius 2 is 2.36 bits per heavy atom. The molecule has 4 heteroatoms. The summed E-state index contributed by atoms with van der Waals surface area (Å²) in [5, 5.41) is 2.77. The molecule has 0 atom stereocenters. The quantitative estimate of drug-likeness (QED) is 0.736. The third kappa shape index (κ3) is 1.43. The SMILES string of the molecule is CC(C)N1Cc2cccnc2NC1=O. The number of amides is 2. The highest BCUT2D eigenvalue weighted by atomic mass is 16.2. The van der Waals surface area contributed by atoms with Crippen LogP contribution in [0.5, 0.6) is 0 Å². The number of aromatic nitrogens is 1. The fourth-order valence-electron chi connectivity index (χ4n) is 1.52. The van der Waals surface area contributed by atoms with Crippen LogP contribution in [0.25, 0.3) is 0 Å². The lowest BCUT2D eigenvalue weighted by atomic mass is 10.2. The number of fused-ring (bicyclic) bond motifs is 1. The second-order valence-corrected chi connectivity index (χ2v) is 3.66. The third-order valence-corrected chi connectivity index (χ3v) is 2.34. The van der Waals surface area contributed by atoms with E-state index in [0.29, 0.717) is 12.4 Å². The molecule has 4 nitrogen and oxygen atoms in total. The first-order chi connectivity index (χ1) is 6.68. The summed E-state index contributed by atoms with van der Waals surface area (Å²) in [7, 11) is 0. The lowest BCUT2D eigenvalue weighted by Crippen LogP contribution is -2.43. The molecular formula is C10H13N3O. The predicted molar refractivity (Wildman–Crippen MR) is 53.9 cm³/mol. The standard InChI is InChI=1S/C10H13N3O/c1-7(2)13-6-8-4-3-5-11-9(8)12-10(13)14/h3-5,7H,6H2,1-2H3,(H,11,12,14). The number of hydrogen-bond acceptors (Lipinski definition) is 2. The molecule has 14 heavy (non-hydrogen) atoms. The summed E-state index contributed by atoms with van der Waals surface area (Å²) in [4.78, 5) is 17.5. The monoisotopic (exact) mass is 191 g/mol. The highest BCUT2D eigenvalue weighted by molar-refractivity contribution is 5.91. The number of rotatable bonds is 1. The van der Waals surface area contributed by atoms with Gasteiger partial charge in [-0.3, -0.25) is 5.32 Å². The Bertz CT molecular complexity index is 362. The average Bonchev–Trinajstić information content (AvgIpc) is 2.16. The second-order valence-electron chi connectivity index (χ2n) is 3.66. The van der Waals surface area contributed by atoms with Gasteiger partial charge in [-0.05, 0) is 19.9 Å². The molecule has 1 aromatic heterocycles. The minimum Gasteiger partial charge on any atom is -0.318 e. The molecule has 74 valence electrons. The maximum absolute atomic E-state index is 11.6. The van der Waals surface area contributed by atoms with E-state index in [1.54, 1.807) is 11.1 Å². The van der Waals surface area contributed by atoms with Crippen LogP contribution in [0.4, 0.5) is 10.6 Å². The van der Waals surface area contributed by atoms with Gasteiger partial charge in [0.15, 0.2) is 0 Å². The maximum Gasteiger partial charge on any atom is 0.323 e. The summed E-state index contributed by atoms with van der Waals surface area (Å²) in [6, 6.07) is 4.01. The molecule has 0 spiro atoms. The number of pyridine rings is 1. The van der Waals surface area contributed by atoms with E-state index in [4.69, 9.17) is 0 Å². The predicted octanol–water partition coefficient (Wildman–Crippen LogP) is 1.84. The molecule has 0 aromatic carbocycles. The number of urea groups is 1. The summed E-state index contributed by atoms with van der Waals surface area (Å²) in [5.74, 6) is 0.689.